The van der Waals surface area contributed by atoms with E-state index in [9.17, 15) is 23.6 Å². The summed E-state index contributed by atoms with van der Waals surface area (Å²) in [5, 5.41) is 21.4. The molecule has 1 aromatic rings. The number of ether oxygens (including phenoxy) is 1. The normalized spacial score (nSPS) is 14.7. The molecule has 1 unspecified atom stereocenters. The van der Waals surface area contributed by atoms with E-state index < -0.39 is 32.8 Å². The monoisotopic (exact) mass is 426 g/mol. The number of hydrogen-bond donors (Lipinski definition) is 2. The number of nitro groups is 1. The zero-order valence-corrected chi connectivity index (χ0v) is 17.7. The zero-order valence-electron chi connectivity index (χ0n) is 16.9. The highest BCUT2D eigenvalue weighted by atomic mass is 32.2. The van der Waals surface area contributed by atoms with Gasteiger partial charge >= 0.3 is 0 Å². The molecule has 0 amide bonds. The standard InChI is InChI=1S/C20H30N2O6S/c1-4-9-17(23)15-16(11-8-12-18(28-3)10-5-2)21-29(26,27)20-14-7-6-13-19(20)22(24)25/h2,6-7,13-14,16-18,21,23H,4,8-12,15H2,1,3H3/t16-,17+,18?/m0/s1. The molecule has 0 aromatic heterocycles. The first-order chi connectivity index (χ1) is 13.7. The van der Waals surface area contributed by atoms with Crippen molar-refractivity contribution in [3.05, 3.63) is 34.4 Å². The molecule has 0 spiro atoms. The molecule has 2 N–H and O–H groups in total. The number of benzene rings is 1. The molecule has 0 aliphatic rings. The Morgan fingerprint density at radius 3 is 2.59 bits per heavy atom. The molecule has 0 saturated heterocycles. The number of terminal acetylenes is 1. The summed E-state index contributed by atoms with van der Waals surface area (Å²) in [5.74, 6) is 2.54. The van der Waals surface area contributed by atoms with Gasteiger partial charge in [0.05, 0.1) is 17.1 Å². The van der Waals surface area contributed by atoms with Crippen molar-refractivity contribution >= 4 is 15.7 Å². The van der Waals surface area contributed by atoms with Crippen molar-refractivity contribution in [3.8, 4) is 12.3 Å². The molecular formula is C20H30N2O6S. The van der Waals surface area contributed by atoms with Gasteiger partial charge in [0.1, 0.15) is 0 Å². The molecule has 0 bridgehead atoms. The Balaban J connectivity index is 2.95. The predicted octanol–water partition coefficient (Wildman–Crippen LogP) is 3.00. The van der Waals surface area contributed by atoms with Crippen LogP contribution in [0.2, 0.25) is 0 Å². The highest BCUT2D eigenvalue weighted by Gasteiger charge is 2.28. The van der Waals surface area contributed by atoms with Gasteiger partial charge in [0.25, 0.3) is 5.69 Å². The molecule has 8 nitrogen and oxygen atoms in total. The molecule has 1 aromatic carbocycles. The smallest absolute Gasteiger partial charge is 0.289 e. The summed E-state index contributed by atoms with van der Waals surface area (Å²) < 4.78 is 33.5. The number of nitrogens with one attached hydrogen (secondary N) is 1. The number of rotatable bonds is 14. The lowest BCUT2D eigenvalue weighted by Gasteiger charge is -2.22. The predicted molar refractivity (Wildman–Crippen MR) is 111 cm³/mol. The van der Waals surface area contributed by atoms with Crippen molar-refractivity contribution in [1.82, 2.24) is 4.72 Å². The summed E-state index contributed by atoms with van der Waals surface area (Å²) >= 11 is 0. The van der Waals surface area contributed by atoms with E-state index in [2.05, 4.69) is 10.6 Å². The van der Waals surface area contributed by atoms with Crippen LogP contribution < -0.4 is 4.72 Å². The SMILES string of the molecule is C#CCC(CCC[C@@H](C[C@H](O)CCC)NS(=O)(=O)c1ccccc1[N+](=O)[O-])OC. The highest BCUT2D eigenvalue weighted by molar-refractivity contribution is 7.89. The Morgan fingerprint density at radius 1 is 1.31 bits per heavy atom. The van der Waals surface area contributed by atoms with Crippen LogP contribution in [0, 0.1) is 22.5 Å². The number of sulfonamides is 1. The summed E-state index contributed by atoms with van der Waals surface area (Å²) in [4.78, 5) is 10.1. The van der Waals surface area contributed by atoms with Crippen molar-refractivity contribution < 1.29 is 23.2 Å². The Labute approximate surface area is 172 Å². The van der Waals surface area contributed by atoms with Gasteiger partial charge < -0.3 is 9.84 Å². The quantitative estimate of drug-likeness (QED) is 0.268. The molecule has 0 radical (unpaired) electrons. The van der Waals surface area contributed by atoms with E-state index in [4.69, 9.17) is 11.2 Å². The van der Waals surface area contributed by atoms with Gasteiger partial charge in [-0.2, -0.15) is 0 Å². The Kier molecular flexibility index (Phi) is 10.8. The average molecular weight is 427 g/mol. The van der Waals surface area contributed by atoms with E-state index in [0.29, 0.717) is 32.1 Å². The van der Waals surface area contributed by atoms with Gasteiger partial charge in [0, 0.05) is 25.6 Å². The van der Waals surface area contributed by atoms with Gasteiger partial charge in [0.2, 0.25) is 10.0 Å². The molecule has 0 aliphatic carbocycles. The molecule has 162 valence electrons. The fourth-order valence-corrected chi connectivity index (χ4v) is 4.60. The van der Waals surface area contributed by atoms with Crippen LogP contribution in [-0.4, -0.2) is 43.8 Å². The minimum Gasteiger partial charge on any atom is -0.393 e. The van der Waals surface area contributed by atoms with Crippen LogP contribution in [0.1, 0.15) is 51.9 Å². The second-order valence-corrected chi connectivity index (χ2v) is 8.60. The van der Waals surface area contributed by atoms with Gasteiger partial charge in [-0.05, 0) is 38.2 Å². The Hall–Kier alpha value is -1.99. The molecule has 0 saturated carbocycles. The molecule has 0 heterocycles. The molecule has 9 heteroatoms. The topological polar surface area (TPSA) is 119 Å². The van der Waals surface area contributed by atoms with Crippen molar-refractivity contribution in [2.45, 2.75) is 75.0 Å². The second kappa shape index (κ2) is 12.5. The molecule has 0 fully saturated rings. The highest BCUT2D eigenvalue weighted by Crippen LogP contribution is 2.24. The number of aliphatic hydroxyl groups is 1. The summed E-state index contributed by atoms with van der Waals surface area (Å²) in [6.07, 6.45) is 8.24. The lowest BCUT2D eigenvalue weighted by atomic mass is 10.00. The average Bonchev–Trinajstić information content (AvgIpc) is 2.67. The van der Waals surface area contributed by atoms with E-state index in [1.807, 2.05) is 6.92 Å². The zero-order chi connectivity index (χ0) is 21.9. The van der Waals surface area contributed by atoms with Gasteiger partial charge in [0.15, 0.2) is 4.90 Å². The van der Waals surface area contributed by atoms with Crippen molar-refractivity contribution in [1.29, 1.82) is 0 Å². The third kappa shape index (κ3) is 8.50. The summed E-state index contributed by atoms with van der Waals surface area (Å²) in [6.45, 7) is 1.93. The fraction of sp³-hybridized carbons (Fsp3) is 0.600. The van der Waals surface area contributed by atoms with Gasteiger partial charge in [-0.25, -0.2) is 13.1 Å². The molecule has 29 heavy (non-hydrogen) atoms. The van der Waals surface area contributed by atoms with Crippen LogP contribution in [0.3, 0.4) is 0 Å². The van der Waals surface area contributed by atoms with Crippen LogP contribution in [0.15, 0.2) is 29.2 Å². The summed E-state index contributed by atoms with van der Waals surface area (Å²) in [6, 6.07) is 4.64. The Bertz CT molecular complexity index is 790. The first kappa shape index (κ1) is 25.0. The fourth-order valence-electron chi connectivity index (χ4n) is 3.15. The van der Waals surface area contributed by atoms with Crippen LogP contribution >= 0.6 is 0 Å². The minimum absolute atomic E-state index is 0.118. The number of nitro benzene ring substituents is 1. The number of nitrogens with zero attached hydrogens (tertiary/aromatic N) is 1. The maximum absolute atomic E-state index is 12.8. The number of para-hydroxylation sites is 1. The van der Waals surface area contributed by atoms with Gasteiger partial charge in [-0.3, -0.25) is 10.1 Å². The minimum atomic E-state index is -4.13. The lowest BCUT2D eigenvalue weighted by Crippen LogP contribution is -2.37. The number of methoxy groups -OCH3 is 1. The maximum atomic E-state index is 12.8. The van der Waals surface area contributed by atoms with Crippen LogP contribution in [0.4, 0.5) is 5.69 Å². The first-order valence-corrected chi connectivity index (χ1v) is 11.1. The third-order valence-electron chi connectivity index (χ3n) is 4.61. The van der Waals surface area contributed by atoms with E-state index in [0.717, 1.165) is 12.5 Å². The Morgan fingerprint density at radius 2 is 2.00 bits per heavy atom. The third-order valence-corrected chi connectivity index (χ3v) is 6.18. The molecule has 1 rings (SSSR count). The van der Waals surface area contributed by atoms with Gasteiger partial charge in [-0.15, -0.1) is 12.3 Å². The van der Waals surface area contributed by atoms with E-state index in [1.165, 1.54) is 18.2 Å². The maximum Gasteiger partial charge on any atom is 0.289 e. The van der Waals surface area contributed by atoms with Crippen molar-refractivity contribution in [2.75, 3.05) is 7.11 Å². The molecular weight excluding hydrogens is 396 g/mol. The largest absolute Gasteiger partial charge is 0.393 e. The van der Waals surface area contributed by atoms with E-state index >= 15 is 0 Å². The van der Waals surface area contributed by atoms with E-state index in [1.54, 1.807) is 7.11 Å². The van der Waals surface area contributed by atoms with Gasteiger partial charge in [-0.1, -0.05) is 25.5 Å². The molecule has 0 aliphatic heterocycles. The lowest BCUT2D eigenvalue weighted by molar-refractivity contribution is -0.387. The summed E-state index contributed by atoms with van der Waals surface area (Å²) in [5.41, 5.74) is -0.485. The van der Waals surface area contributed by atoms with Crippen LogP contribution in [0.25, 0.3) is 0 Å². The molecule has 3 atom stereocenters. The van der Waals surface area contributed by atoms with Crippen LogP contribution in [-0.2, 0) is 14.8 Å². The number of aliphatic hydroxyl groups excluding tert-OH is 1. The first-order valence-electron chi connectivity index (χ1n) is 9.65. The number of hydrogen-bond acceptors (Lipinski definition) is 6. The van der Waals surface area contributed by atoms with Crippen LogP contribution in [0.5, 0.6) is 0 Å². The summed E-state index contributed by atoms with van der Waals surface area (Å²) in [7, 11) is -2.56. The second-order valence-electron chi connectivity index (χ2n) is 6.92. The van der Waals surface area contributed by atoms with Crippen molar-refractivity contribution in [2.24, 2.45) is 0 Å². The van der Waals surface area contributed by atoms with Crippen molar-refractivity contribution in [3.63, 3.8) is 0 Å². The van der Waals surface area contributed by atoms with E-state index in [-0.39, 0.29) is 17.4 Å².